The lowest BCUT2D eigenvalue weighted by Crippen LogP contribution is -2.58. The first-order valence-electron chi connectivity index (χ1n) is 26.9. The Morgan fingerprint density at radius 3 is 1.74 bits per heavy atom. The number of para-hydroxylation sites is 3. The van der Waals surface area contributed by atoms with Crippen molar-refractivity contribution >= 4 is 122 Å². The molecule has 4 nitrogen and oxygen atoms in total. The van der Waals surface area contributed by atoms with Crippen LogP contribution in [0.1, 0.15) is 11.1 Å². The number of nitrogens with zero attached hydrogens (tertiary/aromatic N) is 4. The van der Waals surface area contributed by atoms with E-state index in [4.69, 9.17) is 9.97 Å². The van der Waals surface area contributed by atoms with Crippen LogP contribution >= 0.6 is 0 Å². The molecule has 354 valence electrons. The van der Waals surface area contributed by atoms with E-state index in [1.54, 1.807) is 0 Å². The fourth-order valence-corrected chi connectivity index (χ4v) is 14.8. The molecule has 2 atom stereocenters. The Bertz CT molecular complexity index is 4870. The van der Waals surface area contributed by atoms with Crippen LogP contribution in [0, 0.1) is 11.8 Å². The quantitative estimate of drug-likeness (QED) is 0.0999. The zero-order valence-corrected chi connectivity index (χ0v) is 41.7. The fraction of sp³-hybridized carbons (Fsp3) is 0.0278. The molecule has 0 fully saturated rings. The molecule has 5 heteroatoms. The van der Waals surface area contributed by atoms with Gasteiger partial charge >= 0.3 is 0 Å². The summed E-state index contributed by atoms with van der Waals surface area (Å²) in [4.78, 5) is 16.3. The van der Waals surface area contributed by atoms with Gasteiger partial charge in [-0.15, -0.1) is 0 Å². The summed E-state index contributed by atoms with van der Waals surface area (Å²) >= 11 is 0. The molecule has 0 saturated carbocycles. The molecule has 2 aliphatic heterocycles. The van der Waals surface area contributed by atoms with Gasteiger partial charge in [-0.3, -0.25) is 0 Å². The molecule has 77 heavy (non-hydrogen) atoms. The van der Waals surface area contributed by atoms with Crippen molar-refractivity contribution in [3.05, 3.63) is 271 Å². The lowest BCUT2D eigenvalue weighted by atomic mass is 9.29. The summed E-state index contributed by atoms with van der Waals surface area (Å²) in [6, 6.07) is 83.2. The predicted octanol–water partition coefficient (Wildman–Crippen LogP) is 16.8. The molecular weight excluding hydrogens is 932 g/mol. The highest BCUT2D eigenvalue weighted by molar-refractivity contribution is 6.97. The number of rotatable bonds is 4. The van der Waals surface area contributed by atoms with Crippen LogP contribution in [-0.2, 0) is 0 Å². The average molecular weight is 975 g/mol. The second kappa shape index (κ2) is 15.4. The van der Waals surface area contributed by atoms with E-state index in [0.29, 0.717) is 5.82 Å². The Balaban J connectivity index is 1.03. The van der Waals surface area contributed by atoms with Gasteiger partial charge in [0.15, 0.2) is 5.82 Å². The Kier molecular flexibility index (Phi) is 8.29. The maximum absolute atomic E-state index is 5.60. The molecule has 12 aromatic carbocycles. The second-order valence-electron chi connectivity index (χ2n) is 21.4. The van der Waals surface area contributed by atoms with E-state index in [-0.39, 0.29) is 18.5 Å². The highest BCUT2D eigenvalue weighted by Gasteiger charge is 2.52. The van der Waals surface area contributed by atoms with Crippen molar-refractivity contribution in [2.24, 2.45) is 11.8 Å². The number of hydrogen-bond acceptors (Lipinski definition) is 4. The molecule has 1 aromatic heterocycles. The zero-order chi connectivity index (χ0) is 50.0. The molecular formula is C72H43BN4. The van der Waals surface area contributed by atoms with Crippen molar-refractivity contribution in [1.82, 2.24) is 9.97 Å². The first-order valence-corrected chi connectivity index (χ1v) is 26.9. The van der Waals surface area contributed by atoms with E-state index >= 15 is 0 Å². The molecule has 18 rings (SSSR count). The third-order valence-corrected chi connectivity index (χ3v) is 17.7. The Labute approximate surface area is 444 Å². The van der Waals surface area contributed by atoms with Crippen molar-refractivity contribution < 1.29 is 0 Å². The molecule has 0 N–H and O–H groups in total. The fourth-order valence-electron chi connectivity index (χ4n) is 14.8. The highest BCUT2D eigenvalue weighted by atomic mass is 15.2. The Morgan fingerprint density at radius 2 is 0.987 bits per heavy atom. The van der Waals surface area contributed by atoms with Crippen LogP contribution in [0.15, 0.2) is 260 Å². The van der Waals surface area contributed by atoms with E-state index in [1.807, 2.05) is 0 Å². The molecule has 0 saturated heterocycles. The Hall–Kier alpha value is -9.84. The molecule has 3 heterocycles. The lowest BCUT2D eigenvalue weighted by molar-refractivity contribution is 0.668. The maximum atomic E-state index is 5.60. The first kappa shape index (κ1) is 41.5. The van der Waals surface area contributed by atoms with E-state index in [9.17, 15) is 0 Å². The summed E-state index contributed by atoms with van der Waals surface area (Å²) in [5, 5.41) is 14.0. The SMILES string of the molecule is C1=CC2C3=C(C=C4c5cccc6cccc(c56)C(=C1)C42)N(c1ccccc1)c1cc(-c2nc(-c4ccccc4)c4ccccc4n2)cc2c1B3c1c(cc3c4cccc5cccc(c6cccc1c63)c54)N2c1ccccc1. The van der Waals surface area contributed by atoms with E-state index in [1.165, 1.54) is 104 Å². The molecule has 0 spiro atoms. The zero-order valence-electron chi connectivity index (χ0n) is 41.7. The number of benzene rings is 12. The van der Waals surface area contributed by atoms with Gasteiger partial charge in [0.1, 0.15) is 0 Å². The van der Waals surface area contributed by atoms with Crippen LogP contribution in [0.4, 0.5) is 28.4 Å². The summed E-state index contributed by atoms with van der Waals surface area (Å²) in [6.45, 7) is -0.131. The van der Waals surface area contributed by atoms with Crippen molar-refractivity contribution in [2.75, 3.05) is 9.80 Å². The maximum Gasteiger partial charge on any atom is 0.249 e. The number of hydrogen-bond donors (Lipinski definition) is 0. The van der Waals surface area contributed by atoms with Crippen molar-refractivity contribution in [1.29, 1.82) is 0 Å². The van der Waals surface area contributed by atoms with Gasteiger partial charge in [-0.2, -0.15) is 0 Å². The third-order valence-electron chi connectivity index (χ3n) is 17.7. The van der Waals surface area contributed by atoms with Gasteiger partial charge in [-0.05, 0) is 142 Å². The number of aromatic nitrogens is 2. The standard InChI is InChI=1S/C72H43BN4/c1-4-18-44(19-5-1)71-54-28-10-11-37-59(54)74-72(75-71)45-38-60-70-61(39-45)77(47-26-8-3-9-27-47)63-41-58-53-32-15-23-43-21-13-30-49(65(43)53)51-34-17-36-56(67(51)58)69(63)73(70)68-55-35-16-33-50-48-29-12-20-42-22-14-31-52(64(42)48)57(66(50)55)40-62(68)76(60)46-24-6-2-7-25-46/h1-41,55,66H. The third kappa shape index (κ3) is 5.57. The molecule has 3 aliphatic carbocycles. The molecule has 0 bridgehead atoms. The summed E-state index contributed by atoms with van der Waals surface area (Å²) < 4.78 is 0. The minimum absolute atomic E-state index is 0.0548. The minimum Gasteiger partial charge on any atom is -0.312 e. The van der Waals surface area contributed by atoms with Crippen molar-refractivity contribution in [3.63, 3.8) is 0 Å². The molecule has 13 aromatic rings. The van der Waals surface area contributed by atoms with Gasteiger partial charge in [-0.1, -0.05) is 200 Å². The summed E-state index contributed by atoms with van der Waals surface area (Å²) in [6.07, 6.45) is 9.90. The van der Waals surface area contributed by atoms with E-state index in [2.05, 4.69) is 259 Å². The van der Waals surface area contributed by atoms with Crippen LogP contribution < -0.4 is 20.7 Å². The van der Waals surface area contributed by atoms with Crippen LogP contribution in [0.3, 0.4) is 0 Å². The van der Waals surface area contributed by atoms with Crippen LogP contribution in [0.5, 0.6) is 0 Å². The highest BCUT2D eigenvalue weighted by Crippen LogP contribution is 2.59. The number of allylic oxidation sites excluding steroid dienone is 7. The predicted molar refractivity (Wildman–Crippen MR) is 323 cm³/mol. The first-order chi connectivity index (χ1) is 38.2. The van der Waals surface area contributed by atoms with Gasteiger partial charge in [0, 0.05) is 62.5 Å². The minimum atomic E-state index is -0.131. The average Bonchev–Trinajstić information content (AvgIpc) is 3.54. The van der Waals surface area contributed by atoms with Gasteiger partial charge < -0.3 is 9.80 Å². The topological polar surface area (TPSA) is 32.3 Å². The summed E-state index contributed by atoms with van der Waals surface area (Å²) in [7, 11) is 0. The van der Waals surface area contributed by atoms with Crippen molar-refractivity contribution in [2.45, 2.75) is 0 Å². The largest absolute Gasteiger partial charge is 0.312 e. The normalized spacial score (nSPS) is 16.8. The van der Waals surface area contributed by atoms with Crippen molar-refractivity contribution in [3.8, 4) is 22.6 Å². The smallest absolute Gasteiger partial charge is 0.249 e. The van der Waals surface area contributed by atoms with Gasteiger partial charge in [0.25, 0.3) is 0 Å². The lowest BCUT2D eigenvalue weighted by Gasteiger charge is -2.50. The summed E-state index contributed by atoms with van der Waals surface area (Å²) in [5.41, 5.74) is 20.3. The number of anilines is 5. The Morgan fingerprint density at radius 1 is 0.416 bits per heavy atom. The molecule has 5 aliphatic rings. The summed E-state index contributed by atoms with van der Waals surface area (Å²) in [5.74, 6) is 0.872. The van der Waals surface area contributed by atoms with Gasteiger partial charge in [0.05, 0.1) is 11.2 Å². The second-order valence-corrected chi connectivity index (χ2v) is 21.4. The molecule has 0 amide bonds. The van der Waals surface area contributed by atoms with Gasteiger partial charge in [-0.25, -0.2) is 9.97 Å². The van der Waals surface area contributed by atoms with Crippen LogP contribution in [-0.4, -0.2) is 16.7 Å². The van der Waals surface area contributed by atoms with Crippen LogP contribution in [0.2, 0.25) is 0 Å². The monoisotopic (exact) mass is 974 g/mol. The van der Waals surface area contributed by atoms with E-state index < -0.39 is 0 Å². The van der Waals surface area contributed by atoms with Crippen LogP contribution in [0.25, 0.3) is 98.6 Å². The molecule has 2 unspecified atom stereocenters. The van der Waals surface area contributed by atoms with E-state index in [0.717, 1.165) is 50.5 Å². The van der Waals surface area contributed by atoms with Gasteiger partial charge in [0.2, 0.25) is 6.71 Å². The number of fused-ring (bicyclic) bond motifs is 10. The molecule has 0 radical (unpaired) electrons.